The van der Waals surface area contributed by atoms with E-state index in [1.54, 1.807) is 0 Å². The van der Waals surface area contributed by atoms with Crippen LogP contribution in [-0.4, -0.2) is 32.0 Å². The lowest BCUT2D eigenvalue weighted by atomic mass is 9.72. The van der Waals surface area contributed by atoms with Gasteiger partial charge in [-0.25, -0.2) is 8.42 Å². The lowest BCUT2D eigenvalue weighted by Gasteiger charge is -2.36. The molecule has 1 atom stereocenters. The fourth-order valence-corrected chi connectivity index (χ4v) is 6.11. The van der Waals surface area contributed by atoms with Crippen molar-refractivity contribution < 1.29 is 17.9 Å². The van der Waals surface area contributed by atoms with Crippen molar-refractivity contribution in [1.29, 1.82) is 0 Å². The molecule has 1 heterocycles. The standard InChI is InChI=1S/C18H30O4S/c1-17(2,3)13-4-6-14(7-5-13)22-16(19)15-12-18(15)8-10-23(20,21)11-9-18/h13-15H,4-12H2,1-3H3. The van der Waals surface area contributed by atoms with Gasteiger partial charge in [-0.15, -0.1) is 0 Å². The van der Waals surface area contributed by atoms with Gasteiger partial charge in [0.15, 0.2) is 0 Å². The maximum Gasteiger partial charge on any atom is 0.309 e. The van der Waals surface area contributed by atoms with Gasteiger partial charge in [0.05, 0.1) is 17.4 Å². The van der Waals surface area contributed by atoms with Crippen molar-refractivity contribution >= 4 is 15.8 Å². The molecule has 3 aliphatic rings. The largest absolute Gasteiger partial charge is 0.462 e. The predicted molar refractivity (Wildman–Crippen MR) is 89.7 cm³/mol. The summed E-state index contributed by atoms with van der Waals surface area (Å²) < 4.78 is 28.9. The van der Waals surface area contributed by atoms with Gasteiger partial charge in [-0.2, -0.15) is 0 Å². The van der Waals surface area contributed by atoms with E-state index in [4.69, 9.17) is 4.74 Å². The Balaban J connectivity index is 1.47. The van der Waals surface area contributed by atoms with Crippen molar-refractivity contribution in [2.24, 2.45) is 22.7 Å². The maximum absolute atomic E-state index is 12.4. The minimum atomic E-state index is -2.86. The molecule has 0 aromatic carbocycles. The molecular weight excluding hydrogens is 312 g/mol. The smallest absolute Gasteiger partial charge is 0.309 e. The first kappa shape index (κ1) is 17.2. The van der Waals surface area contributed by atoms with Crippen LogP contribution in [0, 0.1) is 22.7 Å². The highest BCUT2D eigenvalue weighted by Crippen LogP contribution is 2.60. The van der Waals surface area contributed by atoms with E-state index in [1.165, 1.54) is 0 Å². The molecule has 3 rings (SSSR count). The number of carbonyl (C=O) groups is 1. The molecule has 1 unspecified atom stereocenters. The fourth-order valence-electron chi connectivity index (χ4n) is 4.47. The van der Waals surface area contributed by atoms with Crippen LogP contribution in [0.2, 0.25) is 0 Å². The summed E-state index contributed by atoms with van der Waals surface area (Å²) in [4.78, 5) is 12.4. The molecule has 2 saturated carbocycles. The van der Waals surface area contributed by atoms with Crippen molar-refractivity contribution in [2.45, 2.75) is 71.8 Å². The monoisotopic (exact) mass is 342 g/mol. The molecule has 1 aliphatic heterocycles. The predicted octanol–water partition coefficient (Wildman–Crippen LogP) is 3.35. The highest BCUT2D eigenvalue weighted by atomic mass is 32.2. The van der Waals surface area contributed by atoms with Gasteiger partial charge in [0.1, 0.15) is 15.9 Å². The summed E-state index contributed by atoms with van der Waals surface area (Å²) in [6.45, 7) is 6.86. The quantitative estimate of drug-likeness (QED) is 0.722. The first-order valence-corrected chi connectivity index (χ1v) is 10.8. The highest BCUT2D eigenvalue weighted by molar-refractivity contribution is 7.91. The number of rotatable bonds is 2. The number of hydrogen-bond donors (Lipinski definition) is 0. The molecule has 1 spiro atoms. The van der Waals surface area contributed by atoms with Crippen LogP contribution < -0.4 is 0 Å². The molecule has 0 radical (unpaired) electrons. The Morgan fingerprint density at radius 1 is 1.04 bits per heavy atom. The second-order valence-electron chi connectivity index (χ2n) is 9.05. The van der Waals surface area contributed by atoms with E-state index in [1.807, 2.05) is 0 Å². The molecular formula is C18H30O4S. The number of ether oxygens (including phenoxy) is 1. The second kappa shape index (κ2) is 5.75. The molecule has 5 heteroatoms. The number of hydrogen-bond acceptors (Lipinski definition) is 4. The van der Waals surface area contributed by atoms with Gasteiger partial charge < -0.3 is 4.74 Å². The molecule has 0 amide bonds. The van der Waals surface area contributed by atoms with Crippen LogP contribution in [0.3, 0.4) is 0 Å². The summed E-state index contributed by atoms with van der Waals surface area (Å²) in [6, 6.07) is 0. The third-order valence-electron chi connectivity index (χ3n) is 6.48. The van der Waals surface area contributed by atoms with Crippen LogP contribution in [0.25, 0.3) is 0 Å². The van der Waals surface area contributed by atoms with Gasteiger partial charge >= 0.3 is 5.97 Å². The van der Waals surface area contributed by atoms with Crippen LogP contribution in [-0.2, 0) is 19.4 Å². The van der Waals surface area contributed by atoms with E-state index in [0.29, 0.717) is 24.2 Å². The van der Waals surface area contributed by atoms with Crippen molar-refractivity contribution in [1.82, 2.24) is 0 Å². The third-order valence-corrected chi connectivity index (χ3v) is 8.13. The maximum atomic E-state index is 12.4. The van der Waals surface area contributed by atoms with Gasteiger partial charge in [-0.05, 0) is 61.7 Å². The Morgan fingerprint density at radius 3 is 2.13 bits per heavy atom. The van der Waals surface area contributed by atoms with Gasteiger partial charge in [0.25, 0.3) is 0 Å². The Morgan fingerprint density at radius 2 is 1.61 bits per heavy atom. The highest BCUT2D eigenvalue weighted by Gasteiger charge is 2.60. The molecule has 4 nitrogen and oxygen atoms in total. The lowest BCUT2D eigenvalue weighted by Crippen LogP contribution is -2.32. The van der Waals surface area contributed by atoms with E-state index >= 15 is 0 Å². The summed E-state index contributed by atoms with van der Waals surface area (Å²) >= 11 is 0. The van der Waals surface area contributed by atoms with Gasteiger partial charge in [0.2, 0.25) is 0 Å². The van der Waals surface area contributed by atoms with Crippen molar-refractivity contribution in [2.75, 3.05) is 11.5 Å². The summed E-state index contributed by atoms with van der Waals surface area (Å²) in [6.07, 6.45) is 6.41. The first-order chi connectivity index (χ1) is 10.6. The molecule has 1 saturated heterocycles. The fraction of sp³-hybridized carbons (Fsp3) is 0.944. The summed E-state index contributed by atoms with van der Waals surface area (Å²) in [7, 11) is -2.86. The van der Waals surface area contributed by atoms with Gasteiger partial charge in [-0.3, -0.25) is 4.79 Å². The Kier molecular flexibility index (Phi) is 4.31. The Labute approximate surface area is 140 Å². The van der Waals surface area contributed by atoms with Crippen LogP contribution in [0.1, 0.15) is 65.7 Å². The van der Waals surface area contributed by atoms with Crippen LogP contribution in [0.15, 0.2) is 0 Å². The van der Waals surface area contributed by atoms with Crippen LogP contribution >= 0.6 is 0 Å². The Hall–Kier alpha value is -0.580. The molecule has 0 aromatic rings. The van der Waals surface area contributed by atoms with Crippen LogP contribution in [0.4, 0.5) is 0 Å². The second-order valence-corrected chi connectivity index (χ2v) is 11.4. The van der Waals surface area contributed by atoms with Crippen molar-refractivity contribution in [3.63, 3.8) is 0 Å². The average molecular weight is 343 g/mol. The van der Waals surface area contributed by atoms with Crippen molar-refractivity contribution in [3.8, 4) is 0 Å². The van der Waals surface area contributed by atoms with Gasteiger partial charge in [-0.1, -0.05) is 20.8 Å². The van der Waals surface area contributed by atoms with E-state index in [9.17, 15) is 13.2 Å². The molecule has 0 bridgehead atoms. The van der Waals surface area contributed by atoms with E-state index in [-0.39, 0.29) is 34.9 Å². The lowest BCUT2D eigenvalue weighted by molar-refractivity contribution is -0.154. The minimum absolute atomic E-state index is 0.0432. The molecule has 132 valence electrons. The number of esters is 1. The summed E-state index contributed by atoms with van der Waals surface area (Å²) in [5, 5.41) is 0. The van der Waals surface area contributed by atoms with E-state index in [2.05, 4.69) is 20.8 Å². The number of sulfone groups is 1. The molecule has 0 aromatic heterocycles. The van der Waals surface area contributed by atoms with Gasteiger partial charge in [0, 0.05) is 0 Å². The first-order valence-electron chi connectivity index (χ1n) is 9.02. The zero-order chi connectivity index (χ0) is 16.9. The molecule has 23 heavy (non-hydrogen) atoms. The SMILES string of the molecule is CC(C)(C)C1CCC(OC(=O)C2CC23CCS(=O)(=O)CC3)CC1. The minimum Gasteiger partial charge on any atom is -0.462 e. The summed E-state index contributed by atoms with van der Waals surface area (Å²) in [5.41, 5.74) is 0.286. The van der Waals surface area contributed by atoms with E-state index < -0.39 is 9.84 Å². The topological polar surface area (TPSA) is 60.4 Å². The average Bonchev–Trinajstić information content (AvgIpc) is 3.17. The zero-order valence-electron chi connectivity index (χ0n) is 14.6. The van der Waals surface area contributed by atoms with Crippen molar-refractivity contribution in [3.05, 3.63) is 0 Å². The Bertz CT molecular complexity index is 550. The number of carbonyl (C=O) groups excluding carboxylic acids is 1. The molecule has 0 N–H and O–H groups in total. The zero-order valence-corrected chi connectivity index (χ0v) is 15.5. The normalized spacial score (nSPS) is 35.7. The van der Waals surface area contributed by atoms with E-state index in [0.717, 1.165) is 32.1 Å². The molecule has 3 fully saturated rings. The third kappa shape index (κ3) is 3.75. The summed E-state index contributed by atoms with van der Waals surface area (Å²) in [5.74, 6) is 1.09. The molecule has 2 aliphatic carbocycles. The van der Waals surface area contributed by atoms with Crippen LogP contribution in [0.5, 0.6) is 0 Å².